The number of aryl methyl sites for hydroxylation is 1. The van der Waals surface area contributed by atoms with E-state index in [4.69, 9.17) is 25.5 Å². The Balaban J connectivity index is 1.70. The monoisotopic (exact) mass is 532 g/mol. The number of benzene rings is 2. The van der Waals surface area contributed by atoms with Crippen LogP contribution in [0, 0.1) is 12.8 Å². The fraction of sp³-hybridized carbons (Fsp3) is 0.300. The molecule has 0 radical (unpaired) electrons. The van der Waals surface area contributed by atoms with E-state index in [9.17, 15) is 9.59 Å². The Morgan fingerprint density at radius 1 is 1.05 bits per heavy atom. The maximum atomic E-state index is 13.9. The van der Waals surface area contributed by atoms with Gasteiger partial charge < -0.3 is 13.9 Å². The molecule has 3 heterocycles. The van der Waals surface area contributed by atoms with Crippen molar-refractivity contribution < 1.29 is 18.7 Å². The summed E-state index contributed by atoms with van der Waals surface area (Å²) in [6, 6.07) is 13.2. The van der Waals surface area contributed by atoms with Crippen molar-refractivity contribution in [3.63, 3.8) is 0 Å². The van der Waals surface area contributed by atoms with Gasteiger partial charge in [0.05, 0.1) is 30.2 Å². The number of halogens is 1. The van der Waals surface area contributed by atoms with Crippen LogP contribution in [0.4, 0.5) is 5.82 Å². The molecule has 1 atom stereocenters. The number of amides is 1. The van der Waals surface area contributed by atoms with Crippen molar-refractivity contribution in [1.82, 2.24) is 4.98 Å². The van der Waals surface area contributed by atoms with Crippen LogP contribution in [0.2, 0.25) is 5.02 Å². The highest BCUT2D eigenvalue weighted by atomic mass is 35.5. The van der Waals surface area contributed by atoms with Crippen molar-refractivity contribution >= 4 is 34.3 Å². The summed E-state index contributed by atoms with van der Waals surface area (Å²) in [5.74, 6) is 1.63. The number of carbonyl (C=O) groups is 1. The normalized spacial score (nSPS) is 14.8. The maximum Gasteiger partial charge on any atom is 0.296 e. The number of pyridine rings is 1. The Morgan fingerprint density at radius 3 is 2.61 bits per heavy atom. The zero-order valence-corrected chi connectivity index (χ0v) is 22.5. The Hall–Kier alpha value is -3.84. The van der Waals surface area contributed by atoms with Gasteiger partial charge in [0.25, 0.3) is 5.91 Å². The summed E-state index contributed by atoms with van der Waals surface area (Å²) in [5, 5.41) is 0.719. The van der Waals surface area contributed by atoms with Crippen LogP contribution in [0.25, 0.3) is 11.0 Å². The second kappa shape index (κ2) is 10.5. The van der Waals surface area contributed by atoms with E-state index in [-0.39, 0.29) is 16.8 Å². The van der Waals surface area contributed by atoms with E-state index in [1.807, 2.05) is 44.2 Å². The third-order valence-corrected chi connectivity index (χ3v) is 6.75. The van der Waals surface area contributed by atoms with Crippen LogP contribution < -0.4 is 19.8 Å². The highest BCUT2D eigenvalue weighted by Gasteiger charge is 2.44. The molecular formula is C30H29ClN2O5. The van der Waals surface area contributed by atoms with Crippen LogP contribution in [0.3, 0.4) is 0 Å². The van der Waals surface area contributed by atoms with Crippen LogP contribution in [0.1, 0.15) is 60.5 Å². The van der Waals surface area contributed by atoms with E-state index in [0.29, 0.717) is 58.0 Å². The molecule has 2 aromatic heterocycles. The molecule has 0 fully saturated rings. The zero-order chi connectivity index (χ0) is 27.0. The van der Waals surface area contributed by atoms with Crippen molar-refractivity contribution in [2.45, 2.75) is 40.2 Å². The summed E-state index contributed by atoms with van der Waals surface area (Å²) in [4.78, 5) is 33.6. The lowest BCUT2D eigenvalue weighted by Gasteiger charge is -2.25. The van der Waals surface area contributed by atoms with E-state index in [1.165, 1.54) is 4.90 Å². The van der Waals surface area contributed by atoms with Crippen LogP contribution in [-0.2, 0) is 0 Å². The largest absolute Gasteiger partial charge is 0.490 e. The summed E-state index contributed by atoms with van der Waals surface area (Å²) < 4.78 is 18.0. The van der Waals surface area contributed by atoms with Gasteiger partial charge >= 0.3 is 0 Å². The highest BCUT2D eigenvalue weighted by Crippen LogP contribution is 2.43. The minimum Gasteiger partial charge on any atom is -0.490 e. The predicted molar refractivity (Wildman–Crippen MR) is 148 cm³/mol. The van der Waals surface area contributed by atoms with E-state index in [2.05, 4.69) is 18.8 Å². The molecule has 1 unspecified atom stereocenters. The SMILES string of the molecule is CCOc1cc(C2c3c(oc4ccc(Cl)cc4c3=O)C(=O)N2c2cc(C)ccn2)ccc1OCCC(C)C. The van der Waals surface area contributed by atoms with Gasteiger partial charge in [-0.15, -0.1) is 0 Å². The predicted octanol–water partition coefficient (Wildman–Crippen LogP) is 6.72. The summed E-state index contributed by atoms with van der Waals surface area (Å²) >= 11 is 6.20. The van der Waals surface area contributed by atoms with Crippen LogP contribution in [0.5, 0.6) is 11.5 Å². The molecule has 5 rings (SSSR count). The summed E-state index contributed by atoms with van der Waals surface area (Å²) in [6.45, 7) is 9.08. The minimum atomic E-state index is -0.782. The average Bonchev–Trinajstić information content (AvgIpc) is 3.18. The van der Waals surface area contributed by atoms with Crippen molar-refractivity contribution in [1.29, 1.82) is 0 Å². The topological polar surface area (TPSA) is 81.9 Å². The fourth-order valence-electron chi connectivity index (χ4n) is 4.64. The standard InChI is InChI=1S/C30H29ClN2O5/c1-5-36-24-15-19(6-8-23(24)37-13-11-17(2)3)27-26-28(34)21-16-20(31)7-9-22(21)38-29(26)30(35)33(27)25-14-18(4)10-12-32-25/h6-10,12,14-17,27H,5,11,13H2,1-4H3. The van der Waals surface area contributed by atoms with E-state index < -0.39 is 11.9 Å². The van der Waals surface area contributed by atoms with Crippen molar-refractivity contribution in [3.8, 4) is 11.5 Å². The number of nitrogens with zero attached hydrogens (tertiary/aromatic N) is 2. The quantitative estimate of drug-likeness (QED) is 0.250. The van der Waals surface area contributed by atoms with Gasteiger partial charge in [0.1, 0.15) is 11.4 Å². The van der Waals surface area contributed by atoms with E-state index in [0.717, 1.165) is 12.0 Å². The molecule has 0 spiro atoms. The minimum absolute atomic E-state index is 0.00616. The van der Waals surface area contributed by atoms with Crippen LogP contribution in [-0.4, -0.2) is 24.1 Å². The Morgan fingerprint density at radius 2 is 1.87 bits per heavy atom. The summed E-state index contributed by atoms with van der Waals surface area (Å²) in [5.41, 5.74) is 1.83. The average molecular weight is 533 g/mol. The molecule has 0 bridgehead atoms. The third kappa shape index (κ3) is 4.74. The number of rotatable bonds is 8. The van der Waals surface area contributed by atoms with Crippen LogP contribution in [0.15, 0.2) is 63.9 Å². The molecular weight excluding hydrogens is 504 g/mol. The first-order chi connectivity index (χ1) is 18.3. The number of anilines is 1. The van der Waals surface area contributed by atoms with Crippen molar-refractivity contribution in [2.24, 2.45) is 5.92 Å². The molecule has 0 aliphatic carbocycles. The summed E-state index contributed by atoms with van der Waals surface area (Å²) in [6.07, 6.45) is 2.54. The maximum absolute atomic E-state index is 13.9. The van der Waals surface area contributed by atoms with E-state index >= 15 is 0 Å². The number of hydrogen-bond donors (Lipinski definition) is 0. The van der Waals surface area contributed by atoms with Gasteiger partial charge in [-0.25, -0.2) is 4.98 Å². The highest BCUT2D eigenvalue weighted by molar-refractivity contribution is 6.31. The Labute approximate surface area is 226 Å². The van der Waals surface area contributed by atoms with Gasteiger partial charge in [-0.05, 0) is 79.8 Å². The first-order valence-corrected chi connectivity index (χ1v) is 13.1. The molecule has 196 valence electrons. The van der Waals surface area contributed by atoms with Gasteiger partial charge in [0.15, 0.2) is 16.9 Å². The Kier molecular flexibility index (Phi) is 7.13. The molecule has 1 aliphatic heterocycles. The number of aromatic nitrogens is 1. The number of fused-ring (bicyclic) bond motifs is 2. The first-order valence-electron chi connectivity index (χ1n) is 12.7. The third-order valence-electron chi connectivity index (χ3n) is 6.52. The molecule has 1 aliphatic rings. The van der Waals surface area contributed by atoms with Crippen molar-refractivity contribution in [2.75, 3.05) is 18.1 Å². The van der Waals surface area contributed by atoms with Gasteiger partial charge in [0.2, 0.25) is 5.76 Å². The molecule has 4 aromatic rings. The van der Waals surface area contributed by atoms with Gasteiger partial charge in [-0.2, -0.15) is 0 Å². The summed E-state index contributed by atoms with van der Waals surface area (Å²) in [7, 11) is 0. The first kappa shape index (κ1) is 25.8. The molecule has 8 heteroatoms. The lowest BCUT2D eigenvalue weighted by atomic mass is 9.98. The fourth-order valence-corrected chi connectivity index (χ4v) is 4.81. The molecule has 2 aromatic carbocycles. The molecule has 0 N–H and O–H groups in total. The van der Waals surface area contributed by atoms with E-state index in [1.54, 1.807) is 24.4 Å². The molecule has 38 heavy (non-hydrogen) atoms. The van der Waals surface area contributed by atoms with Gasteiger partial charge in [-0.3, -0.25) is 14.5 Å². The molecule has 7 nitrogen and oxygen atoms in total. The number of carbonyl (C=O) groups excluding carboxylic acids is 1. The van der Waals surface area contributed by atoms with Gasteiger partial charge in [0, 0.05) is 11.2 Å². The Bertz CT molecular complexity index is 1580. The zero-order valence-electron chi connectivity index (χ0n) is 21.8. The molecule has 0 saturated carbocycles. The smallest absolute Gasteiger partial charge is 0.296 e. The molecule has 0 saturated heterocycles. The second-order valence-corrected chi connectivity index (χ2v) is 10.2. The van der Waals surface area contributed by atoms with Gasteiger partial charge in [-0.1, -0.05) is 31.5 Å². The van der Waals surface area contributed by atoms with Crippen molar-refractivity contribution in [3.05, 3.63) is 92.4 Å². The lowest BCUT2D eigenvalue weighted by Crippen LogP contribution is -2.30. The molecule has 1 amide bonds. The second-order valence-electron chi connectivity index (χ2n) is 9.75. The number of ether oxygens (including phenoxy) is 2. The lowest BCUT2D eigenvalue weighted by molar-refractivity contribution is 0.0970. The van der Waals surface area contributed by atoms with Crippen LogP contribution >= 0.6 is 11.6 Å². The number of hydrogen-bond acceptors (Lipinski definition) is 6.